The molecule has 0 heterocycles. The lowest BCUT2D eigenvalue weighted by Gasteiger charge is -2.30. The summed E-state index contributed by atoms with van der Waals surface area (Å²) in [6.07, 6.45) is 3.65. The molecular formula is C27H35F2NO4. The average Bonchev–Trinajstić information content (AvgIpc) is 3.18. The molecule has 7 heteroatoms. The molecule has 2 aromatic carbocycles. The van der Waals surface area contributed by atoms with Gasteiger partial charge in [0.25, 0.3) is 0 Å². The van der Waals surface area contributed by atoms with Crippen LogP contribution in [0.4, 0.5) is 8.78 Å². The zero-order valence-electron chi connectivity index (χ0n) is 19.9. The first-order valence-corrected chi connectivity index (χ1v) is 12.0. The topological polar surface area (TPSA) is 78.8 Å². The second-order valence-corrected chi connectivity index (χ2v) is 9.97. The molecule has 0 amide bonds. The van der Waals surface area contributed by atoms with Crippen LogP contribution in [-0.2, 0) is 24.1 Å². The van der Waals surface area contributed by atoms with Crippen LogP contribution in [0, 0.1) is 17.6 Å². The van der Waals surface area contributed by atoms with Gasteiger partial charge in [-0.1, -0.05) is 24.3 Å². The molecule has 1 aliphatic carbocycles. The second-order valence-electron chi connectivity index (χ2n) is 9.97. The van der Waals surface area contributed by atoms with Crippen LogP contribution in [0.15, 0.2) is 36.4 Å². The van der Waals surface area contributed by atoms with Crippen molar-refractivity contribution < 1.29 is 28.5 Å². The van der Waals surface area contributed by atoms with E-state index in [0.29, 0.717) is 30.7 Å². The lowest BCUT2D eigenvalue weighted by molar-refractivity contribution is -0.137. The van der Waals surface area contributed by atoms with Gasteiger partial charge in [-0.25, -0.2) is 4.39 Å². The van der Waals surface area contributed by atoms with E-state index in [-0.39, 0.29) is 30.9 Å². The molecule has 0 bridgehead atoms. The number of carboxylic acid groups (broad SMARTS) is 1. The van der Waals surface area contributed by atoms with E-state index >= 15 is 0 Å². The SMILES string of the molecule is CC(C)(CC1Cc2ccccc2C1)NC[C@H](O)COc1cc(CCCCC(=O)O)cc(F)c1F. The monoisotopic (exact) mass is 475 g/mol. The quantitative estimate of drug-likeness (QED) is 0.367. The number of β-amino-alcohol motifs (C(OH)–C–C–N with tert-alkyl or cyclic N) is 1. The Bertz CT molecular complexity index is 954. The van der Waals surface area contributed by atoms with Crippen LogP contribution in [0.5, 0.6) is 5.75 Å². The Morgan fingerprint density at radius 2 is 1.85 bits per heavy atom. The predicted octanol–water partition coefficient (Wildman–Crippen LogP) is 4.68. The molecule has 0 fully saturated rings. The third-order valence-corrected chi connectivity index (χ3v) is 6.34. The van der Waals surface area contributed by atoms with Gasteiger partial charge in [0.15, 0.2) is 11.6 Å². The minimum atomic E-state index is -1.09. The first-order chi connectivity index (χ1) is 16.1. The molecule has 0 unspecified atom stereocenters. The van der Waals surface area contributed by atoms with Crippen molar-refractivity contribution in [1.82, 2.24) is 5.32 Å². The van der Waals surface area contributed by atoms with Crippen molar-refractivity contribution in [3.63, 3.8) is 0 Å². The molecule has 186 valence electrons. The van der Waals surface area contributed by atoms with Crippen molar-refractivity contribution in [3.8, 4) is 5.75 Å². The fourth-order valence-corrected chi connectivity index (χ4v) is 4.70. The van der Waals surface area contributed by atoms with E-state index in [1.54, 1.807) is 0 Å². The van der Waals surface area contributed by atoms with Crippen LogP contribution in [0.2, 0.25) is 0 Å². The Kier molecular flexibility index (Phi) is 9.03. The summed E-state index contributed by atoms with van der Waals surface area (Å²) in [7, 11) is 0. The molecule has 0 aromatic heterocycles. The Hall–Kier alpha value is -2.51. The number of hydrogen-bond donors (Lipinski definition) is 3. The summed E-state index contributed by atoms with van der Waals surface area (Å²) in [6.45, 7) is 4.31. The number of aliphatic hydroxyl groups excluding tert-OH is 1. The summed E-state index contributed by atoms with van der Waals surface area (Å²) in [5.41, 5.74) is 3.16. The summed E-state index contributed by atoms with van der Waals surface area (Å²) in [5.74, 6) is -2.68. The highest BCUT2D eigenvalue weighted by atomic mass is 19.2. The van der Waals surface area contributed by atoms with Crippen molar-refractivity contribution >= 4 is 5.97 Å². The van der Waals surface area contributed by atoms with E-state index < -0.39 is 23.7 Å². The molecule has 5 nitrogen and oxygen atoms in total. The maximum atomic E-state index is 14.2. The predicted molar refractivity (Wildman–Crippen MR) is 127 cm³/mol. The first-order valence-electron chi connectivity index (χ1n) is 12.0. The van der Waals surface area contributed by atoms with Crippen LogP contribution < -0.4 is 10.1 Å². The number of ether oxygens (including phenoxy) is 1. The second kappa shape index (κ2) is 11.8. The van der Waals surface area contributed by atoms with Gasteiger partial charge in [0.05, 0.1) is 0 Å². The van der Waals surface area contributed by atoms with Gasteiger partial charge in [-0.15, -0.1) is 0 Å². The van der Waals surface area contributed by atoms with Crippen molar-refractivity contribution in [2.75, 3.05) is 13.2 Å². The first kappa shape index (κ1) is 26.1. The molecular weight excluding hydrogens is 440 g/mol. The molecule has 0 aliphatic heterocycles. The van der Waals surface area contributed by atoms with Crippen molar-refractivity contribution in [2.45, 2.75) is 70.4 Å². The third kappa shape index (κ3) is 7.77. The van der Waals surface area contributed by atoms with E-state index in [4.69, 9.17) is 9.84 Å². The number of aliphatic carboxylic acids is 1. The minimum absolute atomic E-state index is 0.0380. The average molecular weight is 476 g/mol. The highest BCUT2D eigenvalue weighted by Crippen LogP contribution is 2.32. The number of unbranched alkanes of at least 4 members (excludes halogenated alkanes) is 1. The Morgan fingerprint density at radius 3 is 2.50 bits per heavy atom. The fourth-order valence-electron chi connectivity index (χ4n) is 4.70. The molecule has 0 saturated carbocycles. The van der Waals surface area contributed by atoms with Gasteiger partial charge in [-0.05, 0) is 87.1 Å². The molecule has 1 atom stereocenters. The summed E-state index contributed by atoms with van der Waals surface area (Å²) in [4.78, 5) is 10.6. The fraction of sp³-hybridized carbons (Fsp3) is 0.519. The van der Waals surface area contributed by atoms with Gasteiger partial charge in [0.2, 0.25) is 5.82 Å². The summed E-state index contributed by atoms with van der Waals surface area (Å²) in [5, 5.41) is 22.5. The zero-order chi connectivity index (χ0) is 24.7. The van der Waals surface area contributed by atoms with Crippen LogP contribution in [0.25, 0.3) is 0 Å². The summed E-state index contributed by atoms with van der Waals surface area (Å²) >= 11 is 0. The number of aryl methyl sites for hydroxylation is 1. The van der Waals surface area contributed by atoms with Gasteiger partial charge < -0.3 is 20.3 Å². The number of carboxylic acids is 1. The highest BCUT2D eigenvalue weighted by Gasteiger charge is 2.28. The number of halogens is 2. The Labute approximate surface area is 200 Å². The number of nitrogens with one attached hydrogen (secondary N) is 1. The van der Waals surface area contributed by atoms with Gasteiger partial charge in [0, 0.05) is 18.5 Å². The number of aliphatic hydroxyl groups is 1. The molecule has 2 aromatic rings. The maximum Gasteiger partial charge on any atom is 0.303 e. The number of hydrogen-bond acceptors (Lipinski definition) is 4. The van der Waals surface area contributed by atoms with Gasteiger partial charge >= 0.3 is 5.97 Å². The molecule has 0 spiro atoms. The number of benzene rings is 2. The number of rotatable bonds is 13. The molecule has 3 N–H and O–H groups in total. The van der Waals surface area contributed by atoms with Gasteiger partial charge in [-0.3, -0.25) is 4.79 Å². The Morgan fingerprint density at radius 1 is 1.18 bits per heavy atom. The molecule has 3 rings (SSSR count). The molecule has 0 saturated heterocycles. The van der Waals surface area contributed by atoms with Crippen molar-refractivity contribution in [2.24, 2.45) is 5.92 Å². The highest BCUT2D eigenvalue weighted by molar-refractivity contribution is 5.66. The van der Waals surface area contributed by atoms with E-state index in [9.17, 15) is 18.7 Å². The minimum Gasteiger partial charge on any atom is -0.488 e. The lowest BCUT2D eigenvalue weighted by atomic mass is 9.88. The third-order valence-electron chi connectivity index (χ3n) is 6.34. The van der Waals surface area contributed by atoms with Crippen LogP contribution in [0.1, 0.15) is 56.2 Å². The maximum absolute atomic E-state index is 14.2. The van der Waals surface area contributed by atoms with Crippen molar-refractivity contribution in [3.05, 3.63) is 64.7 Å². The molecule has 34 heavy (non-hydrogen) atoms. The number of fused-ring (bicyclic) bond motifs is 1. The standard InChI is InChI=1S/C27H35F2NO4/c1-27(2,15-19-11-20-8-4-5-9-21(20)12-19)30-16-22(31)17-34-24-14-18(13-23(28)26(24)29)7-3-6-10-25(32)33/h4-5,8-9,13-14,19,22,30-31H,3,6-7,10-12,15-17H2,1-2H3,(H,32,33)/t22-/m0/s1. The zero-order valence-corrected chi connectivity index (χ0v) is 19.9. The summed E-state index contributed by atoms with van der Waals surface area (Å²) in [6, 6.07) is 11.0. The van der Waals surface area contributed by atoms with E-state index in [1.807, 2.05) is 0 Å². The van der Waals surface area contributed by atoms with Gasteiger partial charge in [0.1, 0.15) is 12.7 Å². The summed E-state index contributed by atoms with van der Waals surface area (Å²) < 4.78 is 33.5. The van der Waals surface area contributed by atoms with E-state index in [0.717, 1.165) is 25.3 Å². The van der Waals surface area contributed by atoms with Gasteiger partial charge in [-0.2, -0.15) is 4.39 Å². The Balaban J connectivity index is 1.45. The largest absolute Gasteiger partial charge is 0.488 e. The number of carbonyl (C=O) groups is 1. The van der Waals surface area contributed by atoms with Crippen LogP contribution in [0.3, 0.4) is 0 Å². The van der Waals surface area contributed by atoms with E-state index in [1.165, 1.54) is 17.2 Å². The smallest absolute Gasteiger partial charge is 0.303 e. The van der Waals surface area contributed by atoms with Crippen LogP contribution in [-0.4, -0.2) is 41.0 Å². The molecule has 0 radical (unpaired) electrons. The normalized spacial score (nSPS) is 14.7. The van der Waals surface area contributed by atoms with Crippen molar-refractivity contribution in [1.29, 1.82) is 0 Å². The van der Waals surface area contributed by atoms with Crippen LogP contribution >= 0.6 is 0 Å². The van der Waals surface area contributed by atoms with E-state index in [2.05, 4.69) is 43.4 Å². The lowest BCUT2D eigenvalue weighted by Crippen LogP contribution is -2.46. The molecule has 1 aliphatic rings.